The van der Waals surface area contributed by atoms with Crippen LogP contribution in [0.25, 0.3) is 0 Å². The van der Waals surface area contributed by atoms with Crippen LogP contribution in [0.5, 0.6) is 0 Å². The summed E-state index contributed by atoms with van der Waals surface area (Å²) < 4.78 is 31.7. The first-order chi connectivity index (χ1) is 13.2. The Bertz CT molecular complexity index is 795. The maximum atomic E-state index is 12.6. The SMILES string of the molecule is CCN(CC)S(=O)(=O)c1cccc(C(=O)OCC(=O)N2C[C@H](C)C[C@H](C)C2)c1. The predicted octanol–water partition coefficient (Wildman–Crippen LogP) is 2.38. The Morgan fingerprint density at radius 3 is 2.32 bits per heavy atom. The number of esters is 1. The molecule has 2 rings (SSSR count). The van der Waals surface area contributed by atoms with Crippen molar-refractivity contribution in [2.75, 3.05) is 32.8 Å². The molecule has 1 aromatic rings. The highest BCUT2D eigenvalue weighted by Gasteiger charge is 2.26. The molecule has 0 bridgehead atoms. The van der Waals surface area contributed by atoms with Gasteiger partial charge in [0.25, 0.3) is 5.91 Å². The Morgan fingerprint density at radius 1 is 1.14 bits per heavy atom. The van der Waals surface area contributed by atoms with Gasteiger partial charge in [-0.05, 0) is 36.5 Å². The molecule has 7 nitrogen and oxygen atoms in total. The second-order valence-corrected chi connectivity index (χ2v) is 9.38. The molecule has 0 aromatic heterocycles. The fourth-order valence-corrected chi connectivity index (χ4v) is 5.17. The molecule has 156 valence electrons. The zero-order chi connectivity index (χ0) is 20.9. The van der Waals surface area contributed by atoms with Gasteiger partial charge >= 0.3 is 5.97 Å². The number of amides is 1. The third kappa shape index (κ3) is 5.32. The lowest BCUT2D eigenvalue weighted by Gasteiger charge is -2.34. The van der Waals surface area contributed by atoms with E-state index in [1.807, 2.05) is 0 Å². The molecule has 1 fully saturated rings. The van der Waals surface area contributed by atoms with Crippen LogP contribution in [-0.2, 0) is 19.6 Å². The normalized spacial score (nSPS) is 20.2. The van der Waals surface area contributed by atoms with Gasteiger partial charge in [0.1, 0.15) is 0 Å². The Kier molecular flexibility index (Phi) is 7.60. The molecule has 1 saturated heterocycles. The first-order valence-electron chi connectivity index (χ1n) is 9.74. The summed E-state index contributed by atoms with van der Waals surface area (Å²) in [5, 5.41) is 0. The van der Waals surface area contributed by atoms with Crippen LogP contribution < -0.4 is 0 Å². The van der Waals surface area contributed by atoms with Crippen molar-refractivity contribution in [3.8, 4) is 0 Å². The highest BCUT2D eigenvalue weighted by Crippen LogP contribution is 2.21. The summed E-state index contributed by atoms with van der Waals surface area (Å²) in [5.74, 6) is -0.0857. The Balaban J connectivity index is 2.04. The number of carbonyl (C=O) groups is 2. The number of piperidine rings is 1. The highest BCUT2D eigenvalue weighted by atomic mass is 32.2. The first kappa shape index (κ1) is 22.4. The lowest BCUT2D eigenvalue weighted by molar-refractivity contribution is -0.137. The monoisotopic (exact) mass is 410 g/mol. The van der Waals surface area contributed by atoms with Gasteiger partial charge in [0.2, 0.25) is 10.0 Å². The standard InChI is InChI=1S/C20H30N2O5S/c1-5-22(6-2)28(25,26)18-9-7-8-17(11-18)20(24)27-14-19(23)21-12-15(3)10-16(4)13-21/h7-9,11,15-16H,5-6,10,12-14H2,1-4H3/t15-,16+. The van der Waals surface area contributed by atoms with Crippen molar-refractivity contribution in [3.05, 3.63) is 29.8 Å². The Labute approximate surface area is 167 Å². The van der Waals surface area contributed by atoms with E-state index in [1.165, 1.54) is 28.6 Å². The molecule has 1 aromatic carbocycles. The summed E-state index contributed by atoms with van der Waals surface area (Å²) in [6, 6.07) is 5.74. The first-order valence-corrected chi connectivity index (χ1v) is 11.2. The van der Waals surface area contributed by atoms with Crippen LogP contribution in [0.1, 0.15) is 44.5 Å². The molecule has 0 radical (unpaired) electrons. The third-order valence-corrected chi connectivity index (χ3v) is 7.01. The quantitative estimate of drug-likeness (QED) is 0.645. The minimum absolute atomic E-state index is 0.0376. The minimum atomic E-state index is -3.67. The van der Waals surface area contributed by atoms with E-state index in [1.54, 1.807) is 18.7 Å². The van der Waals surface area contributed by atoms with Gasteiger partial charge in [-0.3, -0.25) is 4.79 Å². The van der Waals surface area contributed by atoms with Crippen LogP contribution in [0, 0.1) is 11.8 Å². The van der Waals surface area contributed by atoms with Gasteiger partial charge in [-0.1, -0.05) is 33.8 Å². The van der Waals surface area contributed by atoms with E-state index in [2.05, 4.69) is 13.8 Å². The van der Waals surface area contributed by atoms with E-state index in [9.17, 15) is 18.0 Å². The van der Waals surface area contributed by atoms with Gasteiger partial charge < -0.3 is 9.64 Å². The van der Waals surface area contributed by atoms with Crippen molar-refractivity contribution in [1.82, 2.24) is 9.21 Å². The average Bonchev–Trinajstić information content (AvgIpc) is 2.66. The van der Waals surface area contributed by atoms with E-state index >= 15 is 0 Å². The molecule has 28 heavy (non-hydrogen) atoms. The summed E-state index contributed by atoms with van der Waals surface area (Å²) in [4.78, 5) is 26.5. The molecular formula is C20H30N2O5S. The lowest BCUT2D eigenvalue weighted by Crippen LogP contribution is -2.44. The molecule has 8 heteroatoms. The van der Waals surface area contributed by atoms with Gasteiger partial charge in [-0.2, -0.15) is 4.31 Å². The van der Waals surface area contributed by atoms with E-state index < -0.39 is 16.0 Å². The molecule has 1 heterocycles. The average molecular weight is 411 g/mol. The van der Waals surface area contributed by atoms with Crippen molar-refractivity contribution >= 4 is 21.9 Å². The second kappa shape index (κ2) is 9.52. The third-order valence-electron chi connectivity index (χ3n) is 4.96. The number of hydrogen-bond donors (Lipinski definition) is 0. The summed E-state index contributed by atoms with van der Waals surface area (Å²) in [5.41, 5.74) is 0.112. The molecule has 0 spiro atoms. The van der Waals surface area contributed by atoms with Crippen molar-refractivity contribution in [3.63, 3.8) is 0 Å². The molecule has 1 aliphatic heterocycles. The molecule has 1 aliphatic rings. The lowest BCUT2D eigenvalue weighted by atomic mass is 9.92. The van der Waals surface area contributed by atoms with E-state index in [-0.39, 0.29) is 23.0 Å². The van der Waals surface area contributed by atoms with Crippen LogP contribution in [0.4, 0.5) is 0 Å². The number of hydrogen-bond acceptors (Lipinski definition) is 5. The highest BCUT2D eigenvalue weighted by molar-refractivity contribution is 7.89. The number of benzene rings is 1. The van der Waals surface area contributed by atoms with Gasteiger partial charge in [-0.25, -0.2) is 13.2 Å². The molecule has 0 unspecified atom stereocenters. The van der Waals surface area contributed by atoms with Gasteiger partial charge in [0, 0.05) is 26.2 Å². The van der Waals surface area contributed by atoms with Crippen LogP contribution >= 0.6 is 0 Å². The molecule has 1 amide bonds. The van der Waals surface area contributed by atoms with Gasteiger partial charge in [0.15, 0.2) is 6.61 Å². The van der Waals surface area contributed by atoms with Gasteiger partial charge in [0.05, 0.1) is 10.5 Å². The summed E-state index contributed by atoms with van der Waals surface area (Å²) in [7, 11) is -3.67. The largest absolute Gasteiger partial charge is 0.452 e. The maximum Gasteiger partial charge on any atom is 0.338 e. The van der Waals surface area contributed by atoms with Crippen molar-refractivity contribution < 1.29 is 22.7 Å². The maximum absolute atomic E-state index is 12.6. The van der Waals surface area contributed by atoms with Crippen LogP contribution in [0.2, 0.25) is 0 Å². The Morgan fingerprint density at radius 2 is 1.75 bits per heavy atom. The van der Waals surface area contributed by atoms with E-state index in [4.69, 9.17) is 4.74 Å². The number of nitrogens with zero attached hydrogens (tertiary/aromatic N) is 2. The second-order valence-electron chi connectivity index (χ2n) is 7.44. The molecular weight excluding hydrogens is 380 g/mol. The summed E-state index contributed by atoms with van der Waals surface area (Å²) >= 11 is 0. The van der Waals surface area contributed by atoms with Crippen molar-refractivity contribution in [1.29, 1.82) is 0 Å². The topological polar surface area (TPSA) is 84.0 Å². The smallest absolute Gasteiger partial charge is 0.338 e. The fourth-order valence-electron chi connectivity index (χ4n) is 3.66. The molecule has 0 N–H and O–H groups in total. The number of carbonyl (C=O) groups excluding carboxylic acids is 2. The summed E-state index contributed by atoms with van der Waals surface area (Å²) in [6.07, 6.45) is 1.08. The fraction of sp³-hybridized carbons (Fsp3) is 0.600. The zero-order valence-electron chi connectivity index (χ0n) is 17.1. The number of ether oxygens (including phenoxy) is 1. The molecule has 0 aliphatic carbocycles. The minimum Gasteiger partial charge on any atom is -0.452 e. The number of likely N-dealkylation sites (tertiary alicyclic amines) is 1. The van der Waals surface area contributed by atoms with Crippen molar-refractivity contribution in [2.45, 2.75) is 39.0 Å². The van der Waals surface area contributed by atoms with Crippen molar-refractivity contribution in [2.24, 2.45) is 11.8 Å². The molecule has 0 saturated carbocycles. The zero-order valence-corrected chi connectivity index (χ0v) is 17.9. The summed E-state index contributed by atoms with van der Waals surface area (Å²) in [6.45, 7) is 9.39. The van der Waals surface area contributed by atoms with Gasteiger partial charge in [-0.15, -0.1) is 0 Å². The molecule has 2 atom stereocenters. The van der Waals surface area contributed by atoms with E-state index in [0.717, 1.165) is 6.42 Å². The Hall–Kier alpha value is -1.93. The van der Waals surface area contributed by atoms with Crippen LogP contribution in [0.15, 0.2) is 29.2 Å². The van der Waals surface area contributed by atoms with Crippen LogP contribution in [-0.4, -0.2) is 62.3 Å². The van der Waals surface area contributed by atoms with E-state index in [0.29, 0.717) is 38.0 Å². The predicted molar refractivity (Wildman–Crippen MR) is 106 cm³/mol. The van der Waals surface area contributed by atoms with Crippen LogP contribution in [0.3, 0.4) is 0 Å². The number of rotatable bonds is 7. The number of sulfonamides is 1.